The Morgan fingerprint density at radius 1 is 1.53 bits per heavy atom. The minimum Gasteiger partial charge on any atom is -0.371 e. The van der Waals surface area contributed by atoms with E-state index in [2.05, 4.69) is 10.1 Å². The molecule has 1 rings (SSSR count). The SMILES string of the molecule is CCOC(C)c1noc(COCCN)n1. The Balaban J connectivity index is 2.41. The number of nitrogens with zero attached hydrogens (tertiary/aromatic N) is 2. The minimum absolute atomic E-state index is 0.151. The first-order valence-electron chi connectivity index (χ1n) is 4.99. The Morgan fingerprint density at radius 3 is 3.00 bits per heavy atom. The minimum atomic E-state index is -0.151. The van der Waals surface area contributed by atoms with Crippen molar-refractivity contribution in [2.45, 2.75) is 26.6 Å². The number of nitrogens with two attached hydrogens (primary N) is 1. The Labute approximate surface area is 88.7 Å². The zero-order valence-corrected chi connectivity index (χ0v) is 9.10. The first-order chi connectivity index (χ1) is 7.27. The molecule has 1 aromatic rings. The van der Waals surface area contributed by atoms with Crippen molar-refractivity contribution in [2.24, 2.45) is 5.73 Å². The summed E-state index contributed by atoms with van der Waals surface area (Å²) >= 11 is 0. The smallest absolute Gasteiger partial charge is 0.252 e. The van der Waals surface area contributed by atoms with Crippen LogP contribution in [0.1, 0.15) is 31.7 Å². The third-order valence-electron chi connectivity index (χ3n) is 1.75. The summed E-state index contributed by atoms with van der Waals surface area (Å²) in [7, 11) is 0. The number of rotatable bonds is 7. The molecule has 1 atom stereocenters. The molecule has 0 aliphatic rings. The lowest BCUT2D eigenvalue weighted by atomic mass is 10.4. The highest BCUT2D eigenvalue weighted by molar-refractivity contribution is 4.88. The fraction of sp³-hybridized carbons (Fsp3) is 0.778. The maximum Gasteiger partial charge on any atom is 0.252 e. The van der Waals surface area contributed by atoms with E-state index in [0.29, 0.717) is 38.1 Å². The molecule has 0 spiro atoms. The number of aromatic nitrogens is 2. The van der Waals surface area contributed by atoms with Gasteiger partial charge < -0.3 is 19.7 Å². The second kappa shape index (κ2) is 6.49. The van der Waals surface area contributed by atoms with Crippen molar-refractivity contribution in [1.29, 1.82) is 0 Å². The van der Waals surface area contributed by atoms with Crippen LogP contribution in [0.2, 0.25) is 0 Å². The van der Waals surface area contributed by atoms with E-state index in [0.717, 1.165) is 0 Å². The van der Waals surface area contributed by atoms with Crippen LogP contribution in [-0.4, -0.2) is 29.9 Å². The van der Waals surface area contributed by atoms with E-state index in [1.807, 2.05) is 13.8 Å². The van der Waals surface area contributed by atoms with Crippen LogP contribution in [0, 0.1) is 0 Å². The molecule has 0 radical (unpaired) electrons. The van der Waals surface area contributed by atoms with Crippen LogP contribution >= 0.6 is 0 Å². The van der Waals surface area contributed by atoms with Gasteiger partial charge in [0, 0.05) is 13.2 Å². The monoisotopic (exact) mass is 215 g/mol. The standard InChI is InChI=1S/C9H17N3O3/c1-3-14-7(2)9-11-8(15-12-9)6-13-5-4-10/h7H,3-6,10H2,1-2H3. The second-order valence-corrected chi connectivity index (χ2v) is 2.99. The summed E-state index contributed by atoms with van der Waals surface area (Å²) in [6, 6.07) is 0. The van der Waals surface area contributed by atoms with Crippen LogP contribution in [0.15, 0.2) is 4.52 Å². The van der Waals surface area contributed by atoms with E-state index in [4.69, 9.17) is 19.7 Å². The van der Waals surface area contributed by atoms with E-state index in [9.17, 15) is 0 Å². The van der Waals surface area contributed by atoms with Crippen LogP contribution in [0.5, 0.6) is 0 Å². The quantitative estimate of drug-likeness (QED) is 0.672. The number of ether oxygens (including phenoxy) is 2. The Kier molecular flexibility index (Phi) is 5.23. The summed E-state index contributed by atoms with van der Waals surface area (Å²) in [6.45, 7) is 5.67. The molecular formula is C9H17N3O3. The molecule has 6 heteroatoms. The third kappa shape index (κ3) is 3.94. The molecule has 0 saturated carbocycles. The molecule has 1 aromatic heterocycles. The summed E-state index contributed by atoms with van der Waals surface area (Å²) < 4.78 is 15.5. The Hall–Kier alpha value is -0.980. The largest absolute Gasteiger partial charge is 0.371 e. The number of hydrogen-bond acceptors (Lipinski definition) is 6. The van der Waals surface area contributed by atoms with E-state index >= 15 is 0 Å². The zero-order valence-electron chi connectivity index (χ0n) is 9.10. The molecular weight excluding hydrogens is 198 g/mol. The molecule has 1 heterocycles. The number of hydrogen-bond donors (Lipinski definition) is 1. The van der Waals surface area contributed by atoms with Gasteiger partial charge in [0.1, 0.15) is 12.7 Å². The predicted octanol–water partition coefficient (Wildman–Crippen LogP) is 0.642. The first-order valence-corrected chi connectivity index (χ1v) is 4.99. The zero-order chi connectivity index (χ0) is 11.1. The van der Waals surface area contributed by atoms with E-state index < -0.39 is 0 Å². The van der Waals surface area contributed by atoms with Crippen LogP contribution in [0.4, 0.5) is 0 Å². The molecule has 0 fully saturated rings. The van der Waals surface area contributed by atoms with Crippen LogP contribution in [0.3, 0.4) is 0 Å². The van der Waals surface area contributed by atoms with Crippen molar-refractivity contribution >= 4 is 0 Å². The molecule has 0 aliphatic carbocycles. The molecule has 0 bridgehead atoms. The van der Waals surface area contributed by atoms with Gasteiger partial charge in [0.25, 0.3) is 5.89 Å². The van der Waals surface area contributed by atoms with Crippen molar-refractivity contribution < 1.29 is 14.0 Å². The highest BCUT2D eigenvalue weighted by Gasteiger charge is 2.13. The van der Waals surface area contributed by atoms with E-state index in [1.54, 1.807) is 0 Å². The summed E-state index contributed by atoms with van der Waals surface area (Å²) in [5.41, 5.74) is 5.27. The highest BCUT2D eigenvalue weighted by Crippen LogP contribution is 2.12. The van der Waals surface area contributed by atoms with Gasteiger partial charge in [0.05, 0.1) is 6.61 Å². The lowest BCUT2D eigenvalue weighted by Gasteiger charge is -2.04. The van der Waals surface area contributed by atoms with Crippen molar-refractivity contribution in [3.05, 3.63) is 11.7 Å². The fourth-order valence-electron chi connectivity index (χ4n) is 1.06. The summed E-state index contributed by atoms with van der Waals surface area (Å²) in [4.78, 5) is 4.13. The highest BCUT2D eigenvalue weighted by atomic mass is 16.5. The normalized spacial score (nSPS) is 13.0. The van der Waals surface area contributed by atoms with Crippen LogP contribution in [-0.2, 0) is 16.1 Å². The molecule has 0 amide bonds. The molecule has 0 saturated heterocycles. The summed E-state index contributed by atoms with van der Waals surface area (Å²) in [5.74, 6) is 0.994. The maximum absolute atomic E-state index is 5.32. The maximum atomic E-state index is 5.32. The van der Waals surface area contributed by atoms with Gasteiger partial charge in [-0.15, -0.1) is 0 Å². The van der Waals surface area contributed by atoms with E-state index in [-0.39, 0.29) is 6.10 Å². The summed E-state index contributed by atoms with van der Waals surface area (Å²) in [5, 5.41) is 3.79. The average molecular weight is 215 g/mol. The topological polar surface area (TPSA) is 83.4 Å². The molecule has 15 heavy (non-hydrogen) atoms. The van der Waals surface area contributed by atoms with Gasteiger partial charge in [0.2, 0.25) is 0 Å². The molecule has 86 valence electrons. The van der Waals surface area contributed by atoms with Crippen molar-refractivity contribution in [1.82, 2.24) is 10.1 Å². The lowest BCUT2D eigenvalue weighted by molar-refractivity contribution is 0.0682. The van der Waals surface area contributed by atoms with Gasteiger partial charge in [-0.1, -0.05) is 5.16 Å². The molecule has 2 N–H and O–H groups in total. The van der Waals surface area contributed by atoms with Gasteiger partial charge >= 0.3 is 0 Å². The fourth-order valence-corrected chi connectivity index (χ4v) is 1.06. The average Bonchev–Trinajstić information content (AvgIpc) is 2.67. The first kappa shape index (κ1) is 12.1. The van der Waals surface area contributed by atoms with Crippen molar-refractivity contribution in [2.75, 3.05) is 19.8 Å². The summed E-state index contributed by atoms with van der Waals surface area (Å²) in [6.07, 6.45) is -0.151. The molecule has 1 unspecified atom stereocenters. The second-order valence-electron chi connectivity index (χ2n) is 2.99. The van der Waals surface area contributed by atoms with Gasteiger partial charge in [-0.25, -0.2) is 0 Å². The van der Waals surface area contributed by atoms with Gasteiger partial charge in [-0.2, -0.15) is 4.98 Å². The lowest BCUT2D eigenvalue weighted by Crippen LogP contribution is -2.08. The van der Waals surface area contributed by atoms with E-state index in [1.165, 1.54) is 0 Å². The van der Waals surface area contributed by atoms with Crippen LogP contribution in [0.25, 0.3) is 0 Å². The molecule has 0 aliphatic heterocycles. The van der Waals surface area contributed by atoms with Gasteiger partial charge in [-0.3, -0.25) is 0 Å². The molecule has 0 aromatic carbocycles. The van der Waals surface area contributed by atoms with Gasteiger partial charge in [0.15, 0.2) is 5.82 Å². The molecule has 6 nitrogen and oxygen atoms in total. The Bertz CT molecular complexity index is 277. The Morgan fingerprint density at radius 2 is 2.33 bits per heavy atom. The van der Waals surface area contributed by atoms with Crippen molar-refractivity contribution in [3.63, 3.8) is 0 Å². The predicted molar refractivity (Wildman–Crippen MR) is 53.0 cm³/mol. The third-order valence-corrected chi connectivity index (χ3v) is 1.75. The van der Waals surface area contributed by atoms with Gasteiger partial charge in [-0.05, 0) is 13.8 Å². The van der Waals surface area contributed by atoms with Crippen molar-refractivity contribution in [3.8, 4) is 0 Å². The van der Waals surface area contributed by atoms with Crippen LogP contribution < -0.4 is 5.73 Å².